The number of halogens is 1. The van der Waals surface area contributed by atoms with Gasteiger partial charge in [0.15, 0.2) is 0 Å². The van der Waals surface area contributed by atoms with Gasteiger partial charge in [-0.25, -0.2) is 0 Å². The van der Waals surface area contributed by atoms with Crippen LogP contribution in [0.5, 0.6) is 5.75 Å². The quantitative estimate of drug-likeness (QED) is 0.702. The van der Waals surface area contributed by atoms with Crippen LogP contribution < -0.4 is 4.74 Å². The molecule has 0 unspecified atom stereocenters. The van der Waals surface area contributed by atoms with Crippen molar-refractivity contribution in [1.29, 1.82) is 0 Å². The number of ether oxygens (including phenoxy) is 1. The third-order valence-electron chi connectivity index (χ3n) is 2.75. The van der Waals surface area contributed by atoms with Crippen LogP contribution in [0.1, 0.15) is 30.7 Å². The van der Waals surface area contributed by atoms with Crippen molar-refractivity contribution in [3.05, 3.63) is 28.8 Å². The molecule has 0 bridgehead atoms. The Kier molecular flexibility index (Phi) is 2.45. The SMILES string of the molecule is COc1cc(C2CCC2)ccc1Cl. The van der Waals surface area contributed by atoms with Crippen molar-refractivity contribution in [3.8, 4) is 5.75 Å². The van der Waals surface area contributed by atoms with Crippen LogP contribution in [0.25, 0.3) is 0 Å². The Balaban J connectivity index is 2.26. The van der Waals surface area contributed by atoms with Crippen molar-refractivity contribution in [2.45, 2.75) is 25.2 Å². The van der Waals surface area contributed by atoms with E-state index in [1.807, 2.05) is 6.07 Å². The van der Waals surface area contributed by atoms with Crippen LogP contribution in [0.4, 0.5) is 0 Å². The first-order valence-electron chi connectivity index (χ1n) is 4.64. The van der Waals surface area contributed by atoms with E-state index < -0.39 is 0 Å². The van der Waals surface area contributed by atoms with Gasteiger partial charge in [-0.2, -0.15) is 0 Å². The molecule has 1 saturated carbocycles. The first kappa shape index (κ1) is 8.89. The lowest BCUT2D eigenvalue weighted by Gasteiger charge is -2.26. The van der Waals surface area contributed by atoms with E-state index in [9.17, 15) is 0 Å². The van der Waals surface area contributed by atoms with Gasteiger partial charge in [-0.3, -0.25) is 0 Å². The van der Waals surface area contributed by atoms with Gasteiger partial charge in [0.25, 0.3) is 0 Å². The molecule has 0 radical (unpaired) electrons. The van der Waals surface area contributed by atoms with Gasteiger partial charge in [0.1, 0.15) is 5.75 Å². The van der Waals surface area contributed by atoms with Crippen LogP contribution in [-0.4, -0.2) is 7.11 Å². The average Bonchev–Trinajstić information content (AvgIpc) is 2.05. The Labute approximate surface area is 83.7 Å². The molecule has 1 aliphatic rings. The second-order valence-electron chi connectivity index (χ2n) is 3.52. The number of hydrogen-bond donors (Lipinski definition) is 0. The summed E-state index contributed by atoms with van der Waals surface area (Å²) in [6.45, 7) is 0. The summed E-state index contributed by atoms with van der Waals surface area (Å²) in [5.41, 5.74) is 1.37. The number of methoxy groups -OCH3 is 1. The molecule has 1 aromatic rings. The lowest BCUT2D eigenvalue weighted by atomic mass is 9.80. The molecule has 0 amide bonds. The second kappa shape index (κ2) is 3.59. The van der Waals surface area contributed by atoms with E-state index in [4.69, 9.17) is 16.3 Å². The third kappa shape index (κ3) is 1.66. The molecular weight excluding hydrogens is 184 g/mol. The zero-order valence-corrected chi connectivity index (χ0v) is 8.47. The standard InChI is InChI=1S/C11H13ClO/c1-13-11-7-9(5-6-10(11)12)8-3-2-4-8/h5-8H,2-4H2,1H3. The van der Waals surface area contributed by atoms with Crippen molar-refractivity contribution < 1.29 is 4.74 Å². The van der Waals surface area contributed by atoms with E-state index in [0.29, 0.717) is 5.02 Å². The number of rotatable bonds is 2. The van der Waals surface area contributed by atoms with Gasteiger partial charge < -0.3 is 4.74 Å². The van der Waals surface area contributed by atoms with Crippen LogP contribution in [0.2, 0.25) is 5.02 Å². The number of hydrogen-bond acceptors (Lipinski definition) is 1. The van der Waals surface area contributed by atoms with E-state index in [1.165, 1.54) is 24.8 Å². The monoisotopic (exact) mass is 196 g/mol. The highest BCUT2D eigenvalue weighted by molar-refractivity contribution is 6.32. The summed E-state index contributed by atoms with van der Waals surface area (Å²) in [7, 11) is 1.66. The molecule has 2 rings (SSSR count). The molecule has 0 atom stereocenters. The first-order chi connectivity index (χ1) is 6.31. The van der Waals surface area contributed by atoms with Crippen molar-refractivity contribution in [2.24, 2.45) is 0 Å². The third-order valence-corrected chi connectivity index (χ3v) is 3.06. The highest BCUT2D eigenvalue weighted by Gasteiger charge is 2.20. The smallest absolute Gasteiger partial charge is 0.137 e. The molecule has 1 aliphatic carbocycles. The molecule has 0 aliphatic heterocycles. The van der Waals surface area contributed by atoms with Gasteiger partial charge in [-0.1, -0.05) is 24.1 Å². The lowest BCUT2D eigenvalue weighted by Crippen LogP contribution is -2.08. The predicted molar refractivity (Wildman–Crippen MR) is 54.6 cm³/mol. The first-order valence-corrected chi connectivity index (χ1v) is 5.02. The van der Waals surface area contributed by atoms with E-state index in [1.54, 1.807) is 7.11 Å². The molecule has 2 heteroatoms. The topological polar surface area (TPSA) is 9.23 Å². The maximum Gasteiger partial charge on any atom is 0.137 e. The molecule has 0 heterocycles. The molecule has 1 nitrogen and oxygen atoms in total. The van der Waals surface area contributed by atoms with Gasteiger partial charge in [-0.15, -0.1) is 0 Å². The second-order valence-corrected chi connectivity index (χ2v) is 3.93. The molecule has 1 aromatic carbocycles. The van der Waals surface area contributed by atoms with Crippen molar-refractivity contribution in [2.75, 3.05) is 7.11 Å². The summed E-state index contributed by atoms with van der Waals surface area (Å²) in [5, 5.41) is 0.700. The van der Waals surface area contributed by atoms with E-state index in [2.05, 4.69) is 12.1 Å². The maximum atomic E-state index is 5.94. The van der Waals surface area contributed by atoms with Crippen LogP contribution >= 0.6 is 11.6 Å². The molecule has 13 heavy (non-hydrogen) atoms. The predicted octanol–water partition coefficient (Wildman–Crippen LogP) is 3.62. The summed E-state index contributed by atoms with van der Waals surface area (Å²) in [5.74, 6) is 1.54. The molecular formula is C11H13ClO. The minimum atomic E-state index is 0.700. The average molecular weight is 197 g/mol. The van der Waals surface area contributed by atoms with Gasteiger partial charge >= 0.3 is 0 Å². The van der Waals surface area contributed by atoms with Crippen LogP contribution in [0.15, 0.2) is 18.2 Å². The Bertz CT molecular complexity index is 305. The Morgan fingerprint density at radius 3 is 2.69 bits per heavy atom. The van der Waals surface area contributed by atoms with Crippen LogP contribution in [0, 0.1) is 0 Å². The molecule has 0 N–H and O–H groups in total. The molecule has 1 fully saturated rings. The summed E-state index contributed by atoms with van der Waals surface area (Å²) in [6, 6.07) is 6.09. The lowest BCUT2D eigenvalue weighted by molar-refractivity contribution is 0.402. The Morgan fingerprint density at radius 2 is 2.15 bits per heavy atom. The van der Waals surface area contributed by atoms with Crippen LogP contribution in [-0.2, 0) is 0 Å². The zero-order valence-electron chi connectivity index (χ0n) is 7.72. The van der Waals surface area contributed by atoms with Gasteiger partial charge in [0, 0.05) is 0 Å². The minimum absolute atomic E-state index is 0.700. The Morgan fingerprint density at radius 1 is 1.38 bits per heavy atom. The Hall–Kier alpha value is -0.690. The fourth-order valence-electron chi connectivity index (χ4n) is 1.67. The largest absolute Gasteiger partial charge is 0.495 e. The fraction of sp³-hybridized carbons (Fsp3) is 0.455. The fourth-order valence-corrected chi connectivity index (χ4v) is 1.87. The highest BCUT2D eigenvalue weighted by Crippen LogP contribution is 2.38. The molecule has 70 valence electrons. The van der Waals surface area contributed by atoms with E-state index in [0.717, 1.165) is 11.7 Å². The maximum absolute atomic E-state index is 5.94. The molecule has 0 saturated heterocycles. The summed E-state index contributed by atoms with van der Waals surface area (Å²) >= 11 is 5.94. The highest BCUT2D eigenvalue weighted by atomic mass is 35.5. The van der Waals surface area contributed by atoms with Gasteiger partial charge in [0.05, 0.1) is 12.1 Å². The molecule has 0 spiro atoms. The van der Waals surface area contributed by atoms with E-state index >= 15 is 0 Å². The summed E-state index contributed by atoms with van der Waals surface area (Å²) < 4.78 is 5.17. The van der Waals surface area contributed by atoms with Gasteiger partial charge in [-0.05, 0) is 36.5 Å². The molecule has 0 aromatic heterocycles. The van der Waals surface area contributed by atoms with E-state index in [-0.39, 0.29) is 0 Å². The van der Waals surface area contributed by atoms with Crippen molar-refractivity contribution in [1.82, 2.24) is 0 Å². The van der Waals surface area contributed by atoms with Crippen LogP contribution in [0.3, 0.4) is 0 Å². The normalized spacial score (nSPS) is 16.8. The van der Waals surface area contributed by atoms with Crippen molar-refractivity contribution in [3.63, 3.8) is 0 Å². The minimum Gasteiger partial charge on any atom is -0.495 e. The summed E-state index contributed by atoms with van der Waals surface area (Å²) in [4.78, 5) is 0. The summed E-state index contributed by atoms with van der Waals surface area (Å²) in [6.07, 6.45) is 3.98. The number of benzene rings is 1. The zero-order chi connectivity index (χ0) is 9.26. The van der Waals surface area contributed by atoms with Crippen molar-refractivity contribution >= 4 is 11.6 Å². The van der Waals surface area contributed by atoms with Gasteiger partial charge in [0.2, 0.25) is 0 Å².